The Bertz CT molecular complexity index is 1930. The maximum Gasteiger partial charge on any atom is 4.00 e. The SMILES string of the molecule is COc1c(C(C)(C)C)cc2[cH-]c(C)cc2c1-c1cc(C)cc(C)c1.Cc1cc(C)cc(-c2cc(C)cc3[cH-]c(C)cc23)c1.[Cl-].[Cl-].[Zr+4]. The molecule has 6 aromatic rings. The fourth-order valence-corrected chi connectivity index (χ4v) is 6.65. The molecule has 0 aromatic heterocycles. The van der Waals surface area contributed by atoms with Crippen LogP contribution in [-0.4, -0.2) is 7.11 Å². The second-order valence-electron chi connectivity index (χ2n) is 13.7. The monoisotopic (exact) mass is 726 g/mol. The van der Waals surface area contributed by atoms with Crippen LogP contribution in [0.2, 0.25) is 0 Å². The van der Waals surface area contributed by atoms with Crippen molar-refractivity contribution in [1.82, 2.24) is 0 Å². The van der Waals surface area contributed by atoms with E-state index >= 15 is 0 Å². The topological polar surface area (TPSA) is 9.23 Å². The van der Waals surface area contributed by atoms with Gasteiger partial charge in [0, 0.05) is 0 Å². The van der Waals surface area contributed by atoms with Crippen molar-refractivity contribution in [3.05, 3.63) is 123 Å². The summed E-state index contributed by atoms with van der Waals surface area (Å²) in [6.07, 6.45) is 0. The van der Waals surface area contributed by atoms with Gasteiger partial charge in [-0.3, -0.25) is 0 Å². The third kappa shape index (κ3) is 8.44. The molecule has 0 atom stereocenters. The first-order valence-corrected chi connectivity index (χ1v) is 15.4. The average Bonchev–Trinajstić information content (AvgIpc) is 3.45. The number of benzene rings is 4. The molecule has 6 aromatic carbocycles. The number of rotatable bonds is 3. The zero-order chi connectivity index (χ0) is 31.2. The number of ether oxygens (including phenoxy) is 1. The first kappa shape index (κ1) is 39.5. The fraction of sp³-hybridized carbons (Fsp3) is 0.286. The van der Waals surface area contributed by atoms with Gasteiger partial charge in [0.2, 0.25) is 0 Å². The van der Waals surface area contributed by atoms with E-state index in [2.05, 4.69) is 148 Å². The molecule has 0 aliphatic heterocycles. The van der Waals surface area contributed by atoms with Gasteiger partial charge < -0.3 is 29.6 Å². The van der Waals surface area contributed by atoms with E-state index in [0.717, 1.165) is 5.75 Å². The molecular formula is C42H46Cl2OZr. The van der Waals surface area contributed by atoms with Crippen molar-refractivity contribution in [2.24, 2.45) is 0 Å². The molecule has 0 spiro atoms. The van der Waals surface area contributed by atoms with Gasteiger partial charge in [0.05, 0.1) is 7.11 Å². The van der Waals surface area contributed by atoms with Gasteiger partial charge >= 0.3 is 26.2 Å². The summed E-state index contributed by atoms with van der Waals surface area (Å²) in [7, 11) is 1.79. The third-order valence-electron chi connectivity index (χ3n) is 8.27. The quantitative estimate of drug-likeness (QED) is 0.206. The molecule has 0 aliphatic carbocycles. The molecule has 0 fully saturated rings. The van der Waals surface area contributed by atoms with Crippen LogP contribution in [0.5, 0.6) is 5.75 Å². The largest absolute Gasteiger partial charge is 4.00 e. The Morgan fingerprint density at radius 3 is 1.43 bits per heavy atom. The van der Waals surface area contributed by atoms with Crippen LogP contribution in [0.15, 0.2) is 78.9 Å². The third-order valence-corrected chi connectivity index (χ3v) is 8.27. The Morgan fingerprint density at radius 2 is 0.957 bits per heavy atom. The van der Waals surface area contributed by atoms with Gasteiger partial charge in [-0.25, -0.2) is 0 Å². The van der Waals surface area contributed by atoms with Crippen LogP contribution in [-0.2, 0) is 31.6 Å². The molecule has 4 heteroatoms. The summed E-state index contributed by atoms with van der Waals surface area (Å²) in [5, 5.41) is 5.30. The molecular weight excluding hydrogens is 683 g/mol. The van der Waals surface area contributed by atoms with Crippen molar-refractivity contribution in [1.29, 1.82) is 0 Å². The maximum absolute atomic E-state index is 5.95. The molecule has 0 amide bonds. The molecule has 0 aliphatic rings. The fourth-order valence-electron chi connectivity index (χ4n) is 6.65. The second-order valence-corrected chi connectivity index (χ2v) is 13.7. The minimum Gasteiger partial charge on any atom is -1.00 e. The number of methoxy groups -OCH3 is 1. The predicted molar refractivity (Wildman–Crippen MR) is 188 cm³/mol. The second kappa shape index (κ2) is 15.5. The van der Waals surface area contributed by atoms with Crippen LogP contribution < -0.4 is 29.6 Å². The summed E-state index contributed by atoms with van der Waals surface area (Å²) in [5.74, 6) is 1.01. The molecule has 1 nitrogen and oxygen atoms in total. The van der Waals surface area contributed by atoms with Gasteiger partial charge in [0.1, 0.15) is 5.75 Å². The van der Waals surface area contributed by atoms with Gasteiger partial charge in [-0.1, -0.05) is 110 Å². The Hall–Kier alpha value is -2.64. The molecule has 46 heavy (non-hydrogen) atoms. The van der Waals surface area contributed by atoms with Gasteiger partial charge in [0.25, 0.3) is 0 Å². The van der Waals surface area contributed by atoms with Gasteiger partial charge in [-0.2, -0.15) is 12.1 Å². The molecule has 0 unspecified atom stereocenters. The smallest absolute Gasteiger partial charge is 1.00 e. The van der Waals surface area contributed by atoms with E-state index in [9.17, 15) is 0 Å². The number of fused-ring (bicyclic) bond motifs is 2. The van der Waals surface area contributed by atoms with E-state index in [0.29, 0.717) is 0 Å². The van der Waals surface area contributed by atoms with Crippen LogP contribution in [0.25, 0.3) is 43.8 Å². The molecule has 6 rings (SSSR count). The van der Waals surface area contributed by atoms with Crippen molar-refractivity contribution in [2.75, 3.05) is 7.11 Å². The Morgan fingerprint density at radius 1 is 0.522 bits per heavy atom. The minimum atomic E-state index is 0. The van der Waals surface area contributed by atoms with Crippen LogP contribution in [0, 0.1) is 48.5 Å². The number of halogens is 2. The first-order valence-electron chi connectivity index (χ1n) is 15.4. The van der Waals surface area contributed by atoms with E-state index in [1.54, 1.807) is 7.11 Å². The Labute approximate surface area is 308 Å². The molecule has 0 heterocycles. The Balaban J connectivity index is 0.000000307. The van der Waals surface area contributed by atoms with Gasteiger partial charge in [0.15, 0.2) is 0 Å². The summed E-state index contributed by atoms with van der Waals surface area (Å²) < 4.78 is 5.95. The van der Waals surface area contributed by atoms with Crippen molar-refractivity contribution < 1.29 is 55.8 Å². The molecule has 0 radical (unpaired) electrons. The predicted octanol–water partition coefficient (Wildman–Crippen LogP) is 5.92. The zero-order valence-electron chi connectivity index (χ0n) is 29.2. The zero-order valence-corrected chi connectivity index (χ0v) is 33.1. The molecule has 0 saturated heterocycles. The maximum atomic E-state index is 5.95. The van der Waals surface area contributed by atoms with Crippen molar-refractivity contribution in [2.45, 2.75) is 74.7 Å². The molecule has 238 valence electrons. The normalized spacial score (nSPS) is 10.8. The first-order chi connectivity index (χ1) is 20.2. The van der Waals surface area contributed by atoms with Crippen molar-refractivity contribution in [3.8, 4) is 28.0 Å². The van der Waals surface area contributed by atoms with Crippen LogP contribution in [0.4, 0.5) is 0 Å². The van der Waals surface area contributed by atoms with E-state index in [1.165, 1.54) is 88.3 Å². The summed E-state index contributed by atoms with van der Waals surface area (Å²) in [6.45, 7) is 21.9. The van der Waals surface area contributed by atoms with E-state index < -0.39 is 0 Å². The Kier molecular flexibility index (Phi) is 13.3. The molecule has 0 saturated carbocycles. The molecule has 0 N–H and O–H groups in total. The van der Waals surface area contributed by atoms with Gasteiger partial charge in [-0.05, 0) is 62.3 Å². The minimum absolute atomic E-state index is 0. The van der Waals surface area contributed by atoms with Crippen molar-refractivity contribution >= 4 is 21.5 Å². The summed E-state index contributed by atoms with van der Waals surface area (Å²) in [4.78, 5) is 0. The summed E-state index contributed by atoms with van der Waals surface area (Å²) >= 11 is 0. The number of hydrogen-bond donors (Lipinski definition) is 0. The average molecular weight is 729 g/mol. The van der Waals surface area contributed by atoms with Crippen molar-refractivity contribution in [3.63, 3.8) is 0 Å². The summed E-state index contributed by atoms with van der Waals surface area (Å²) in [5.41, 5.74) is 15.6. The van der Waals surface area contributed by atoms with E-state index in [1.807, 2.05) is 0 Å². The number of aryl methyl sites for hydroxylation is 7. The van der Waals surface area contributed by atoms with E-state index in [-0.39, 0.29) is 56.4 Å². The van der Waals surface area contributed by atoms with Crippen LogP contribution >= 0.6 is 0 Å². The van der Waals surface area contributed by atoms with Gasteiger partial charge in [-0.15, -0.1) is 56.9 Å². The molecule has 0 bridgehead atoms. The standard InChI is InChI=1S/C23H27O.C19H19.2ClH.Zr/c1-14-8-15(2)11-18(10-14)21-19-12-16(3)9-17(19)13-20(22(21)24-7)23(4,5)6;1-12-5-13(2)7-16(6-12)18-10-14(3)8-17-9-15(4)11-19(17)18;;;/h8-13H,1-7H3;5-11H,1-4H3;2*1H;/q2*-1;;;+4/p-2. The number of hydrogen-bond acceptors (Lipinski definition) is 1. The van der Waals surface area contributed by atoms with Crippen LogP contribution in [0.3, 0.4) is 0 Å². The van der Waals surface area contributed by atoms with E-state index in [4.69, 9.17) is 4.74 Å². The van der Waals surface area contributed by atoms with Crippen LogP contribution in [0.1, 0.15) is 65.3 Å². The summed E-state index contributed by atoms with van der Waals surface area (Å²) in [6, 6.07) is 29.5.